The molecule has 1 aliphatic rings. The Kier molecular flexibility index (Phi) is 5.06. The van der Waals surface area contributed by atoms with Crippen molar-refractivity contribution in [3.8, 4) is 0 Å². The third-order valence-electron chi connectivity index (χ3n) is 3.08. The standard InChI is InChI=1S/C12H17O7P/c13-6-9-10(14)11(15)12(16)20(17,19-9)18-7-8-4-2-1-3-5-8/h1-5,9-16H,6-7H2/t9-,10+,11-,12+,20?/m1/s1. The molecule has 4 N–H and O–H groups in total. The van der Waals surface area contributed by atoms with Gasteiger partial charge in [-0.05, 0) is 5.56 Å². The van der Waals surface area contributed by atoms with Gasteiger partial charge in [-0.3, -0.25) is 0 Å². The van der Waals surface area contributed by atoms with Crippen LogP contribution in [-0.4, -0.2) is 51.2 Å². The summed E-state index contributed by atoms with van der Waals surface area (Å²) in [5.74, 6) is -1.86. The van der Waals surface area contributed by atoms with Crippen molar-refractivity contribution >= 4 is 7.94 Å². The molecule has 0 bridgehead atoms. The van der Waals surface area contributed by atoms with Gasteiger partial charge in [-0.1, -0.05) is 30.3 Å². The van der Waals surface area contributed by atoms with Gasteiger partial charge in [-0.2, -0.15) is 4.52 Å². The molecular weight excluding hydrogens is 287 g/mol. The Labute approximate surface area is 116 Å². The topological polar surface area (TPSA) is 122 Å². The largest absolute Gasteiger partial charge is 0.629 e. The van der Waals surface area contributed by atoms with Crippen LogP contribution in [0.5, 0.6) is 0 Å². The Morgan fingerprint density at radius 2 is 1.80 bits per heavy atom. The van der Waals surface area contributed by atoms with E-state index in [1.807, 2.05) is 0 Å². The summed E-state index contributed by atoms with van der Waals surface area (Å²) in [6.45, 7) is -0.736. The van der Waals surface area contributed by atoms with E-state index >= 15 is 0 Å². The molecule has 0 saturated carbocycles. The number of rotatable bonds is 4. The molecular formula is C12H17O7P. The predicted molar refractivity (Wildman–Crippen MR) is 68.1 cm³/mol. The van der Waals surface area contributed by atoms with Crippen molar-refractivity contribution in [1.82, 2.24) is 0 Å². The average molecular weight is 304 g/mol. The lowest BCUT2D eigenvalue weighted by Gasteiger charge is -2.42. The average Bonchev–Trinajstić information content (AvgIpc) is 2.48. The lowest BCUT2D eigenvalue weighted by molar-refractivity contribution is -0.260. The van der Waals surface area contributed by atoms with Gasteiger partial charge in [-0.25, -0.2) is 4.52 Å². The van der Waals surface area contributed by atoms with Crippen molar-refractivity contribution in [2.75, 3.05) is 6.61 Å². The quantitative estimate of drug-likeness (QED) is 0.513. The molecule has 2 rings (SSSR count). The van der Waals surface area contributed by atoms with E-state index in [9.17, 15) is 20.2 Å². The molecule has 1 saturated heterocycles. The van der Waals surface area contributed by atoms with E-state index in [-0.39, 0.29) is 6.61 Å². The van der Waals surface area contributed by atoms with Gasteiger partial charge >= 0.3 is 0 Å². The van der Waals surface area contributed by atoms with Crippen LogP contribution in [-0.2, 0) is 15.7 Å². The van der Waals surface area contributed by atoms with Gasteiger partial charge in [0.05, 0.1) is 6.61 Å². The summed E-state index contributed by atoms with van der Waals surface area (Å²) in [6, 6.07) is 8.80. The molecule has 1 aromatic carbocycles. The minimum absolute atomic E-state index is 0.0872. The molecule has 1 unspecified atom stereocenters. The Balaban J connectivity index is 2.07. The van der Waals surface area contributed by atoms with Crippen molar-refractivity contribution in [1.29, 1.82) is 0 Å². The first-order valence-electron chi connectivity index (χ1n) is 6.09. The molecule has 20 heavy (non-hydrogen) atoms. The second-order valence-corrected chi connectivity index (χ2v) is 6.60. The van der Waals surface area contributed by atoms with Crippen LogP contribution in [0, 0.1) is 0 Å². The first-order valence-corrected chi connectivity index (χ1v) is 7.71. The number of aliphatic hydroxyl groups excluding tert-OH is 4. The summed E-state index contributed by atoms with van der Waals surface area (Å²) >= 11 is 0. The highest BCUT2D eigenvalue weighted by Crippen LogP contribution is 2.61. The van der Waals surface area contributed by atoms with Crippen molar-refractivity contribution < 1.29 is 34.4 Å². The van der Waals surface area contributed by atoms with Crippen molar-refractivity contribution in [3.63, 3.8) is 0 Å². The van der Waals surface area contributed by atoms with Crippen molar-refractivity contribution in [3.05, 3.63) is 35.9 Å². The molecule has 1 aromatic rings. The second kappa shape index (κ2) is 6.43. The van der Waals surface area contributed by atoms with E-state index in [1.54, 1.807) is 30.3 Å². The molecule has 0 radical (unpaired) electrons. The van der Waals surface area contributed by atoms with E-state index in [4.69, 9.17) is 14.2 Å². The zero-order valence-electron chi connectivity index (χ0n) is 10.6. The SMILES string of the molecule is [O-][P+]1(OCc2ccccc2)O[C@H](CO)[C@H](O)[C@@H](O)[C@H]1O. The molecule has 5 atom stereocenters. The molecule has 0 aromatic heterocycles. The molecule has 0 spiro atoms. The van der Waals surface area contributed by atoms with Gasteiger partial charge in [0, 0.05) is 0 Å². The molecule has 7 nitrogen and oxygen atoms in total. The van der Waals surface area contributed by atoms with E-state index in [0.717, 1.165) is 0 Å². The molecule has 112 valence electrons. The second-order valence-electron chi connectivity index (χ2n) is 4.52. The fraction of sp³-hybridized carbons (Fsp3) is 0.500. The monoisotopic (exact) mass is 304 g/mol. The zero-order chi connectivity index (χ0) is 14.8. The third kappa shape index (κ3) is 3.16. The van der Waals surface area contributed by atoms with Gasteiger partial charge in [0.1, 0.15) is 18.8 Å². The summed E-state index contributed by atoms with van der Waals surface area (Å²) in [7, 11) is -4.05. The number of hydrogen-bond acceptors (Lipinski definition) is 7. The maximum Gasteiger partial charge on any atom is 0.271 e. The van der Waals surface area contributed by atoms with Crippen LogP contribution in [0.1, 0.15) is 5.56 Å². The predicted octanol–water partition coefficient (Wildman–Crippen LogP) is -1.24. The summed E-state index contributed by atoms with van der Waals surface area (Å²) in [4.78, 5) is 12.4. The summed E-state index contributed by atoms with van der Waals surface area (Å²) < 4.78 is 10.1. The molecule has 8 heteroatoms. The van der Waals surface area contributed by atoms with Gasteiger partial charge in [0.15, 0.2) is 6.10 Å². The molecule has 1 fully saturated rings. The van der Waals surface area contributed by atoms with Crippen LogP contribution in [0.15, 0.2) is 30.3 Å². The fourth-order valence-electron chi connectivity index (χ4n) is 1.88. The van der Waals surface area contributed by atoms with Gasteiger partial charge in [-0.15, -0.1) is 0 Å². The van der Waals surface area contributed by atoms with Crippen LogP contribution in [0.2, 0.25) is 0 Å². The minimum atomic E-state index is -4.05. The Morgan fingerprint density at radius 1 is 1.15 bits per heavy atom. The van der Waals surface area contributed by atoms with E-state index in [1.165, 1.54) is 0 Å². The highest BCUT2D eigenvalue weighted by molar-refractivity contribution is 7.59. The molecule has 0 amide bonds. The normalized spacial score (nSPS) is 37.9. The number of benzene rings is 1. The lowest BCUT2D eigenvalue weighted by atomic mass is 10.1. The lowest BCUT2D eigenvalue weighted by Crippen LogP contribution is -2.55. The molecule has 1 aliphatic heterocycles. The summed E-state index contributed by atoms with van der Waals surface area (Å²) in [5.41, 5.74) is 0.708. The maximum atomic E-state index is 12.4. The van der Waals surface area contributed by atoms with Crippen LogP contribution < -0.4 is 4.89 Å². The highest BCUT2D eigenvalue weighted by Gasteiger charge is 2.56. The van der Waals surface area contributed by atoms with Crippen LogP contribution in [0.25, 0.3) is 0 Å². The summed E-state index contributed by atoms with van der Waals surface area (Å²) in [6.07, 6.45) is -4.50. The Bertz CT molecular complexity index is 429. The maximum absolute atomic E-state index is 12.4. The first-order chi connectivity index (χ1) is 9.48. The van der Waals surface area contributed by atoms with Crippen LogP contribution in [0.3, 0.4) is 0 Å². The zero-order valence-corrected chi connectivity index (χ0v) is 11.5. The summed E-state index contributed by atoms with van der Waals surface area (Å²) in [5, 5.41) is 38.0. The van der Waals surface area contributed by atoms with Crippen molar-refractivity contribution in [2.24, 2.45) is 0 Å². The van der Waals surface area contributed by atoms with E-state index in [0.29, 0.717) is 5.56 Å². The Morgan fingerprint density at radius 3 is 2.40 bits per heavy atom. The van der Waals surface area contributed by atoms with Gasteiger partial charge in [0.2, 0.25) is 5.85 Å². The van der Waals surface area contributed by atoms with Crippen molar-refractivity contribution in [2.45, 2.75) is 30.8 Å². The van der Waals surface area contributed by atoms with Crippen LogP contribution in [0.4, 0.5) is 0 Å². The van der Waals surface area contributed by atoms with E-state index in [2.05, 4.69) is 0 Å². The first kappa shape index (κ1) is 15.8. The molecule has 0 aliphatic carbocycles. The van der Waals surface area contributed by atoms with Crippen LogP contribution >= 0.6 is 7.94 Å². The van der Waals surface area contributed by atoms with E-state index < -0.39 is 38.7 Å². The Hall–Kier alpha value is -0.630. The minimum Gasteiger partial charge on any atom is -0.629 e. The fourth-order valence-corrected chi connectivity index (χ4v) is 3.67. The van der Waals surface area contributed by atoms with Gasteiger partial charge in [0.25, 0.3) is 7.94 Å². The molecule has 1 heterocycles. The number of hydrogen-bond donors (Lipinski definition) is 4. The third-order valence-corrected chi connectivity index (χ3v) is 5.08. The van der Waals surface area contributed by atoms with Gasteiger partial charge < -0.3 is 25.3 Å². The number of aliphatic hydroxyl groups is 4. The highest BCUT2D eigenvalue weighted by atomic mass is 31.2. The smallest absolute Gasteiger partial charge is 0.271 e.